The van der Waals surface area contributed by atoms with E-state index in [1.807, 2.05) is 45.0 Å². The minimum absolute atomic E-state index is 0.0427. The molecule has 3 aromatic rings. The van der Waals surface area contributed by atoms with E-state index in [1.165, 1.54) is 6.07 Å². The van der Waals surface area contributed by atoms with Gasteiger partial charge in [0.1, 0.15) is 11.3 Å². The minimum Gasteiger partial charge on any atom is -0.494 e. The third-order valence-corrected chi connectivity index (χ3v) is 4.31. The standard InChI is InChI=1S/C22H23NO5/c1-4-26-17-11-9-15(10-12-17)14(3)23-21(24)18-13-16-7-6-8-19(27-5-2)20(16)28-22(18)25/h6-14H,4-5H2,1-3H3,(H,23,24)/t14-/m1/s1. The second-order valence-corrected chi connectivity index (χ2v) is 6.25. The minimum atomic E-state index is -0.698. The highest BCUT2D eigenvalue weighted by Gasteiger charge is 2.18. The second-order valence-electron chi connectivity index (χ2n) is 6.25. The molecule has 0 spiro atoms. The van der Waals surface area contributed by atoms with Gasteiger partial charge in [-0.25, -0.2) is 4.79 Å². The molecular formula is C22H23NO5. The molecule has 1 amide bonds. The third-order valence-electron chi connectivity index (χ3n) is 4.31. The molecule has 28 heavy (non-hydrogen) atoms. The van der Waals surface area contributed by atoms with Crippen molar-refractivity contribution in [1.82, 2.24) is 5.32 Å². The van der Waals surface area contributed by atoms with Crippen molar-refractivity contribution in [2.45, 2.75) is 26.8 Å². The van der Waals surface area contributed by atoms with E-state index in [0.717, 1.165) is 11.3 Å². The van der Waals surface area contributed by atoms with Crippen LogP contribution in [0.25, 0.3) is 11.0 Å². The van der Waals surface area contributed by atoms with E-state index >= 15 is 0 Å². The molecule has 0 bridgehead atoms. The maximum absolute atomic E-state index is 12.6. The molecule has 1 heterocycles. The van der Waals surface area contributed by atoms with Gasteiger partial charge in [0.25, 0.3) is 5.91 Å². The van der Waals surface area contributed by atoms with E-state index in [4.69, 9.17) is 13.9 Å². The van der Waals surface area contributed by atoms with Gasteiger partial charge in [-0.15, -0.1) is 0 Å². The number of benzene rings is 2. The Kier molecular flexibility index (Phi) is 5.99. The van der Waals surface area contributed by atoms with E-state index in [2.05, 4.69) is 5.32 Å². The van der Waals surface area contributed by atoms with Crippen molar-refractivity contribution in [3.63, 3.8) is 0 Å². The number of hydrogen-bond donors (Lipinski definition) is 1. The lowest BCUT2D eigenvalue weighted by Crippen LogP contribution is -2.30. The van der Waals surface area contributed by atoms with Gasteiger partial charge in [-0.3, -0.25) is 4.79 Å². The molecule has 0 unspecified atom stereocenters. The number of ether oxygens (including phenoxy) is 2. The first kappa shape index (κ1) is 19.5. The molecule has 0 aliphatic carbocycles. The van der Waals surface area contributed by atoms with Crippen LogP contribution in [0.5, 0.6) is 11.5 Å². The Bertz CT molecular complexity index is 1020. The molecule has 1 N–H and O–H groups in total. The van der Waals surface area contributed by atoms with Crippen molar-refractivity contribution in [3.8, 4) is 11.5 Å². The summed E-state index contributed by atoms with van der Waals surface area (Å²) in [5.74, 6) is 0.760. The van der Waals surface area contributed by atoms with Crippen molar-refractivity contribution in [2.24, 2.45) is 0 Å². The number of carbonyl (C=O) groups excluding carboxylic acids is 1. The van der Waals surface area contributed by atoms with Crippen molar-refractivity contribution >= 4 is 16.9 Å². The number of amides is 1. The van der Waals surface area contributed by atoms with Crippen LogP contribution in [0.1, 0.15) is 42.7 Å². The summed E-state index contributed by atoms with van der Waals surface area (Å²) >= 11 is 0. The van der Waals surface area contributed by atoms with Gasteiger partial charge in [0.2, 0.25) is 0 Å². The largest absolute Gasteiger partial charge is 0.494 e. The lowest BCUT2D eigenvalue weighted by Gasteiger charge is -2.15. The van der Waals surface area contributed by atoms with Crippen molar-refractivity contribution in [2.75, 3.05) is 13.2 Å². The number of fused-ring (bicyclic) bond motifs is 1. The topological polar surface area (TPSA) is 77.8 Å². The number of para-hydroxylation sites is 1. The van der Waals surface area contributed by atoms with Crippen LogP contribution in [-0.4, -0.2) is 19.1 Å². The van der Waals surface area contributed by atoms with E-state index in [0.29, 0.717) is 29.9 Å². The van der Waals surface area contributed by atoms with Gasteiger partial charge in [-0.05, 0) is 50.6 Å². The van der Waals surface area contributed by atoms with Gasteiger partial charge < -0.3 is 19.2 Å². The first-order chi connectivity index (χ1) is 13.5. The molecule has 0 fully saturated rings. The zero-order chi connectivity index (χ0) is 20.1. The number of rotatable bonds is 7. The summed E-state index contributed by atoms with van der Waals surface area (Å²) in [7, 11) is 0. The van der Waals surface area contributed by atoms with Gasteiger partial charge >= 0.3 is 5.63 Å². The molecule has 1 aromatic heterocycles. The highest BCUT2D eigenvalue weighted by molar-refractivity contribution is 5.97. The maximum Gasteiger partial charge on any atom is 0.349 e. The Hall–Kier alpha value is -3.28. The molecule has 0 aliphatic heterocycles. The Balaban J connectivity index is 1.82. The van der Waals surface area contributed by atoms with Gasteiger partial charge in [0.05, 0.1) is 19.3 Å². The number of hydrogen-bond acceptors (Lipinski definition) is 5. The molecule has 6 nitrogen and oxygen atoms in total. The lowest BCUT2D eigenvalue weighted by atomic mass is 10.1. The van der Waals surface area contributed by atoms with Crippen LogP contribution in [0.3, 0.4) is 0 Å². The summed E-state index contributed by atoms with van der Waals surface area (Å²) in [6.07, 6.45) is 0. The normalized spacial score (nSPS) is 11.8. The fourth-order valence-corrected chi connectivity index (χ4v) is 2.92. The average molecular weight is 381 g/mol. The van der Waals surface area contributed by atoms with Gasteiger partial charge in [0.15, 0.2) is 11.3 Å². The zero-order valence-electron chi connectivity index (χ0n) is 16.2. The highest BCUT2D eigenvalue weighted by atomic mass is 16.5. The molecular weight excluding hydrogens is 358 g/mol. The smallest absolute Gasteiger partial charge is 0.349 e. The molecule has 0 saturated heterocycles. The Labute approximate surface area is 163 Å². The van der Waals surface area contributed by atoms with E-state index in [1.54, 1.807) is 18.2 Å². The second kappa shape index (κ2) is 8.61. The fourth-order valence-electron chi connectivity index (χ4n) is 2.92. The Morgan fingerprint density at radius 2 is 1.79 bits per heavy atom. The lowest BCUT2D eigenvalue weighted by molar-refractivity contribution is 0.0936. The summed E-state index contributed by atoms with van der Waals surface area (Å²) in [4.78, 5) is 25.0. The van der Waals surface area contributed by atoms with Crippen LogP contribution >= 0.6 is 0 Å². The highest BCUT2D eigenvalue weighted by Crippen LogP contribution is 2.25. The van der Waals surface area contributed by atoms with Crippen LogP contribution in [-0.2, 0) is 0 Å². The van der Waals surface area contributed by atoms with Gasteiger partial charge in [0, 0.05) is 5.39 Å². The number of carbonyl (C=O) groups is 1. The molecule has 0 radical (unpaired) electrons. The Morgan fingerprint density at radius 1 is 1.07 bits per heavy atom. The van der Waals surface area contributed by atoms with E-state index < -0.39 is 11.5 Å². The molecule has 146 valence electrons. The summed E-state index contributed by atoms with van der Waals surface area (Å²) < 4.78 is 16.3. The fraction of sp³-hybridized carbons (Fsp3) is 0.273. The van der Waals surface area contributed by atoms with Crippen molar-refractivity contribution < 1.29 is 18.7 Å². The first-order valence-electron chi connectivity index (χ1n) is 9.26. The van der Waals surface area contributed by atoms with Gasteiger partial charge in [-0.2, -0.15) is 0 Å². The molecule has 0 aliphatic rings. The molecule has 3 rings (SSSR count). The average Bonchev–Trinajstić information content (AvgIpc) is 2.69. The van der Waals surface area contributed by atoms with Crippen LogP contribution in [0, 0.1) is 0 Å². The maximum atomic E-state index is 12.6. The molecule has 0 saturated carbocycles. The summed E-state index contributed by atoms with van der Waals surface area (Å²) in [6, 6.07) is 14.0. The molecule has 6 heteroatoms. The molecule has 1 atom stereocenters. The van der Waals surface area contributed by atoms with E-state index in [9.17, 15) is 9.59 Å². The van der Waals surface area contributed by atoms with Crippen LogP contribution in [0.4, 0.5) is 0 Å². The monoisotopic (exact) mass is 381 g/mol. The third kappa shape index (κ3) is 4.17. The SMILES string of the molecule is CCOc1ccc([C@@H](C)NC(=O)c2cc3cccc(OCC)c3oc2=O)cc1. The predicted molar refractivity (Wildman–Crippen MR) is 107 cm³/mol. The quantitative estimate of drug-likeness (QED) is 0.624. The van der Waals surface area contributed by atoms with Gasteiger partial charge in [-0.1, -0.05) is 24.3 Å². The summed E-state index contributed by atoms with van der Waals surface area (Å²) in [5, 5.41) is 3.47. The number of nitrogens with one attached hydrogen (secondary N) is 1. The van der Waals surface area contributed by atoms with Crippen molar-refractivity contribution in [1.29, 1.82) is 0 Å². The van der Waals surface area contributed by atoms with Crippen LogP contribution in [0.2, 0.25) is 0 Å². The summed E-state index contributed by atoms with van der Waals surface area (Å²) in [5.41, 5.74) is 0.501. The Morgan fingerprint density at radius 3 is 2.46 bits per heavy atom. The van der Waals surface area contributed by atoms with Crippen LogP contribution < -0.4 is 20.4 Å². The first-order valence-corrected chi connectivity index (χ1v) is 9.26. The summed E-state index contributed by atoms with van der Waals surface area (Å²) in [6.45, 7) is 6.66. The predicted octanol–water partition coefficient (Wildman–Crippen LogP) is 4.08. The van der Waals surface area contributed by atoms with E-state index in [-0.39, 0.29) is 11.6 Å². The molecule has 2 aromatic carbocycles. The zero-order valence-corrected chi connectivity index (χ0v) is 16.2. The van der Waals surface area contributed by atoms with Crippen molar-refractivity contribution in [3.05, 3.63) is 70.1 Å². The van der Waals surface area contributed by atoms with Crippen LogP contribution in [0.15, 0.2) is 57.7 Å².